The van der Waals surface area contributed by atoms with Crippen LogP contribution < -0.4 is 0 Å². The zero-order chi connectivity index (χ0) is 14.5. The van der Waals surface area contributed by atoms with Gasteiger partial charge in [-0.25, -0.2) is 4.98 Å². The highest BCUT2D eigenvalue weighted by molar-refractivity contribution is 9.10. The monoisotopic (exact) mass is 358 g/mol. The van der Waals surface area contributed by atoms with Crippen LogP contribution in [0.5, 0.6) is 0 Å². The molecule has 1 aromatic rings. The number of hydrogen-bond donors (Lipinski definition) is 1. The van der Waals surface area contributed by atoms with E-state index in [2.05, 4.69) is 32.8 Å². The molecule has 2 rings (SSSR count). The highest BCUT2D eigenvalue weighted by Gasteiger charge is 2.27. The van der Waals surface area contributed by atoms with Gasteiger partial charge in [0.25, 0.3) is 0 Å². The van der Waals surface area contributed by atoms with Crippen LogP contribution in [0.15, 0.2) is 4.47 Å². The second-order valence-corrected chi connectivity index (χ2v) is 6.53. The molecule has 0 aromatic carbocycles. The van der Waals surface area contributed by atoms with E-state index in [-0.39, 0.29) is 6.10 Å². The number of aromatic amines is 1. The van der Waals surface area contributed by atoms with Crippen molar-refractivity contribution in [3.8, 4) is 0 Å². The first-order valence-corrected chi connectivity index (χ1v) is 8.77. The largest absolute Gasteiger partial charge is 0.370 e. The SMILES string of the molecule is CCOC(c1nc(=S)c(Br)c(CC)[nH]1)C1CCCCC1. The summed E-state index contributed by atoms with van der Waals surface area (Å²) in [5, 5.41) is 0. The number of ether oxygens (including phenoxy) is 1. The molecular formula is C15H23BrN2OS. The average Bonchev–Trinajstić information content (AvgIpc) is 2.48. The fourth-order valence-corrected chi connectivity index (χ4v) is 3.65. The van der Waals surface area contributed by atoms with Crippen LogP contribution in [0.3, 0.4) is 0 Å². The first-order chi connectivity index (χ1) is 9.67. The van der Waals surface area contributed by atoms with E-state index in [4.69, 9.17) is 17.0 Å². The van der Waals surface area contributed by atoms with Gasteiger partial charge in [0.15, 0.2) is 0 Å². The van der Waals surface area contributed by atoms with Gasteiger partial charge in [0, 0.05) is 12.3 Å². The van der Waals surface area contributed by atoms with Crippen LogP contribution in [-0.2, 0) is 11.2 Å². The molecule has 0 aliphatic heterocycles. The number of aryl methyl sites for hydroxylation is 1. The topological polar surface area (TPSA) is 37.9 Å². The first-order valence-electron chi connectivity index (χ1n) is 7.57. The lowest BCUT2D eigenvalue weighted by molar-refractivity contribution is -0.000413. The first kappa shape index (κ1) is 16.1. The number of H-pyrrole nitrogens is 1. The molecule has 0 radical (unpaired) electrons. The standard InChI is InChI=1S/C15H23BrN2OS/c1-3-11-12(16)15(20)18-14(17-11)13(19-4-2)10-8-6-5-7-9-10/h10,13H,3-9H2,1-2H3,(H,17,18,20). The lowest BCUT2D eigenvalue weighted by atomic mass is 9.85. The highest BCUT2D eigenvalue weighted by Crippen LogP contribution is 2.36. The van der Waals surface area contributed by atoms with Crippen LogP contribution in [0.25, 0.3) is 0 Å². The highest BCUT2D eigenvalue weighted by atomic mass is 79.9. The molecule has 1 fully saturated rings. The van der Waals surface area contributed by atoms with Crippen molar-refractivity contribution in [3.63, 3.8) is 0 Å². The van der Waals surface area contributed by atoms with E-state index in [0.717, 1.165) is 22.4 Å². The maximum absolute atomic E-state index is 6.01. The second kappa shape index (κ2) is 7.66. The lowest BCUT2D eigenvalue weighted by Crippen LogP contribution is -2.22. The third-order valence-electron chi connectivity index (χ3n) is 4.00. The maximum atomic E-state index is 6.01. The Balaban J connectivity index is 2.33. The van der Waals surface area contributed by atoms with Gasteiger partial charge in [0.1, 0.15) is 16.6 Å². The molecule has 0 amide bonds. The average molecular weight is 359 g/mol. The summed E-state index contributed by atoms with van der Waals surface area (Å²) < 4.78 is 7.56. The molecule has 0 spiro atoms. The van der Waals surface area contributed by atoms with E-state index in [1.54, 1.807) is 0 Å². The summed E-state index contributed by atoms with van der Waals surface area (Å²) in [4.78, 5) is 8.00. The molecule has 5 heteroatoms. The van der Waals surface area contributed by atoms with Gasteiger partial charge in [-0.05, 0) is 48.0 Å². The number of nitrogens with zero attached hydrogens (tertiary/aromatic N) is 1. The summed E-state index contributed by atoms with van der Waals surface area (Å²) in [6.45, 7) is 4.87. The molecule has 1 atom stereocenters. The smallest absolute Gasteiger partial charge is 0.144 e. The molecule has 112 valence electrons. The number of hydrogen-bond acceptors (Lipinski definition) is 3. The van der Waals surface area contributed by atoms with Crippen LogP contribution in [0, 0.1) is 10.6 Å². The molecule has 0 saturated heterocycles. The second-order valence-electron chi connectivity index (χ2n) is 5.35. The van der Waals surface area contributed by atoms with Crippen LogP contribution in [0.4, 0.5) is 0 Å². The van der Waals surface area contributed by atoms with E-state index >= 15 is 0 Å². The number of rotatable bonds is 5. The fraction of sp³-hybridized carbons (Fsp3) is 0.733. The van der Waals surface area contributed by atoms with Gasteiger partial charge >= 0.3 is 0 Å². The zero-order valence-corrected chi connectivity index (χ0v) is 14.6. The summed E-state index contributed by atoms with van der Waals surface area (Å²) in [5.41, 5.74) is 1.11. The van der Waals surface area contributed by atoms with Crippen molar-refractivity contribution in [3.05, 3.63) is 20.6 Å². The number of nitrogens with one attached hydrogen (secondary N) is 1. The summed E-state index contributed by atoms with van der Waals surface area (Å²) in [7, 11) is 0. The van der Waals surface area contributed by atoms with Crippen molar-refractivity contribution in [2.45, 2.75) is 58.5 Å². The Morgan fingerprint density at radius 1 is 1.35 bits per heavy atom. The van der Waals surface area contributed by atoms with E-state index in [9.17, 15) is 0 Å². The van der Waals surface area contributed by atoms with Crippen molar-refractivity contribution in [2.75, 3.05) is 6.61 Å². The zero-order valence-electron chi connectivity index (χ0n) is 12.2. The Kier molecular flexibility index (Phi) is 6.18. The van der Waals surface area contributed by atoms with E-state index in [0.29, 0.717) is 17.2 Å². The molecule has 0 bridgehead atoms. The molecule has 1 saturated carbocycles. The molecule has 1 heterocycles. The molecule has 1 aromatic heterocycles. The summed E-state index contributed by atoms with van der Waals surface area (Å²) in [6, 6.07) is 0. The predicted octanol–water partition coefficient (Wildman–Crippen LogP) is 5.12. The maximum Gasteiger partial charge on any atom is 0.144 e. The van der Waals surface area contributed by atoms with E-state index in [1.807, 2.05) is 6.92 Å². The fourth-order valence-electron chi connectivity index (χ4n) is 2.96. The van der Waals surface area contributed by atoms with Gasteiger partial charge in [-0.2, -0.15) is 0 Å². The van der Waals surface area contributed by atoms with Gasteiger partial charge in [0.05, 0.1) is 4.47 Å². The van der Waals surface area contributed by atoms with Crippen LogP contribution in [0.2, 0.25) is 0 Å². The van der Waals surface area contributed by atoms with Gasteiger partial charge in [-0.15, -0.1) is 0 Å². The van der Waals surface area contributed by atoms with Gasteiger partial charge in [-0.3, -0.25) is 0 Å². The van der Waals surface area contributed by atoms with Crippen molar-refractivity contribution in [1.82, 2.24) is 9.97 Å². The minimum atomic E-state index is 0.0559. The summed E-state index contributed by atoms with van der Waals surface area (Å²) >= 11 is 8.89. The Morgan fingerprint density at radius 2 is 2.05 bits per heavy atom. The Labute approximate surface area is 134 Å². The molecular weight excluding hydrogens is 336 g/mol. The van der Waals surface area contributed by atoms with Gasteiger partial charge in [0.2, 0.25) is 0 Å². The molecule has 1 aliphatic rings. The minimum Gasteiger partial charge on any atom is -0.370 e. The molecule has 1 aliphatic carbocycles. The van der Waals surface area contributed by atoms with Gasteiger partial charge < -0.3 is 9.72 Å². The van der Waals surface area contributed by atoms with Crippen molar-refractivity contribution in [2.24, 2.45) is 5.92 Å². The molecule has 3 nitrogen and oxygen atoms in total. The molecule has 20 heavy (non-hydrogen) atoms. The van der Waals surface area contributed by atoms with Crippen LogP contribution in [0.1, 0.15) is 63.6 Å². The quantitative estimate of drug-likeness (QED) is 0.742. The number of halogens is 1. The predicted molar refractivity (Wildman–Crippen MR) is 87.4 cm³/mol. The lowest BCUT2D eigenvalue weighted by Gasteiger charge is -2.29. The third kappa shape index (κ3) is 3.68. The molecule has 1 N–H and O–H groups in total. The summed E-state index contributed by atoms with van der Waals surface area (Å²) in [6.07, 6.45) is 7.36. The minimum absolute atomic E-state index is 0.0559. The molecule has 1 unspecified atom stereocenters. The van der Waals surface area contributed by atoms with Crippen molar-refractivity contribution < 1.29 is 4.74 Å². The number of aromatic nitrogens is 2. The van der Waals surface area contributed by atoms with Gasteiger partial charge in [-0.1, -0.05) is 38.4 Å². The van der Waals surface area contributed by atoms with Crippen LogP contribution in [-0.4, -0.2) is 16.6 Å². The van der Waals surface area contributed by atoms with E-state index in [1.165, 1.54) is 32.1 Å². The van der Waals surface area contributed by atoms with Crippen LogP contribution >= 0.6 is 28.1 Å². The van der Waals surface area contributed by atoms with Crippen molar-refractivity contribution >= 4 is 28.1 Å². The normalized spacial score (nSPS) is 18.1. The Bertz CT molecular complexity index is 497. The Morgan fingerprint density at radius 3 is 2.65 bits per heavy atom. The van der Waals surface area contributed by atoms with E-state index < -0.39 is 0 Å². The van der Waals surface area contributed by atoms with Crippen molar-refractivity contribution in [1.29, 1.82) is 0 Å². The third-order valence-corrected chi connectivity index (χ3v) is 5.41. The Hall–Kier alpha value is -0.260. The summed E-state index contributed by atoms with van der Waals surface area (Å²) in [5.74, 6) is 1.47.